The second kappa shape index (κ2) is 3.51. The zero-order valence-electron chi connectivity index (χ0n) is 8.33. The summed E-state index contributed by atoms with van der Waals surface area (Å²) in [6.45, 7) is 2.00. The van der Waals surface area contributed by atoms with Crippen LogP contribution in [-0.4, -0.2) is 18.5 Å². The predicted octanol–water partition coefficient (Wildman–Crippen LogP) is 0.843. The van der Waals surface area contributed by atoms with Gasteiger partial charge in [-0.1, -0.05) is 0 Å². The Balaban J connectivity index is 2.56. The standard InChI is InChI=1S/C10H12FN3O/c1-5-2-6(11)9-8(3-5)15-4-7(12)10(13)14-9/h2-3,7H,4,12H2,1H3,(H2,13,14)/t7-/m0/s1. The van der Waals surface area contributed by atoms with Gasteiger partial charge in [-0.05, 0) is 24.6 Å². The van der Waals surface area contributed by atoms with Crippen LogP contribution in [-0.2, 0) is 0 Å². The van der Waals surface area contributed by atoms with Crippen LogP contribution in [0.5, 0.6) is 5.75 Å². The molecule has 5 heteroatoms. The van der Waals surface area contributed by atoms with Gasteiger partial charge in [-0.15, -0.1) is 0 Å². The monoisotopic (exact) mass is 209 g/mol. The summed E-state index contributed by atoms with van der Waals surface area (Å²) in [6, 6.07) is 2.61. The van der Waals surface area contributed by atoms with E-state index in [0.717, 1.165) is 5.56 Å². The molecule has 4 N–H and O–H groups in total. The molecule has 0 bridgehead atoms. The number of benzene rings is 1. The van der Waals surface area contributed by atoms with Crippen molar-refractivity contribution in [1.29, 1.82) is 0 Å². The fraction of sp³-hybridized carbons (Fsp3) is 0.300. The Hall–Kier alpha value is -1.62. The number of nitrogens with two attached hydrogens (primary N) is 2. The second-order valence-corrected chi connectivity index (χ2v) is 3.55. The number of ether oxygens (including phenoxy) is 1. The summed E-state index contributed by atoms with van der Waals surface area (Å²) in [5, 5.41) is 0. The van der Waals surface area contributed by atoms with Crippen molar-refractivity contribution in [2.75, 3.05) is 6.61 Å². The highest BCUT2D eigenvalue weighted by atomic mass is 19.1. The third-order valence-corrected chi connectivity index (χ3v) is 2.21. The van der Waals surface area contributed by atoms with Crippen molar-refractivity contribution < 1.29 is 9.13 Å². The molecular formula is C10H12FN3O. The van der Waals surface area contributed by atoms with Crippen molar-refractivity contribution in [2.45, 2.75) is 13.0 Å². The Labute approximate surface area is 86.7 Å². The summed E-state index contributed by atoms with van der Waals surface area (Å²) in [6.07, 6.45) is 0. The highest BCUT2D eigenvalue weighted by molar-refractivity contribution is 5.89. The molecule has 1 aliphatic heterocycles. The first-order valence-electron chi connectivity index (χ1n) is 4.60. The lowest BCUT2D eigenvalue weighted by atomic mass is 10.2. The molecule has 0 saturated heterocycles. The van der Waals surface area contributed by atoms with Gasteiger partial charge >= 0.3 is 0 Å². The summed E-state index contributed by atoms with van der Waals surface area (Å²) in [5.74, 6) is 0.141. The van der Waals surface area contributed by atoms with Crippen LogP contribution in [0.1, 0.15) is 5.56 Å². The number of amidine groups is 1. The van der Waals surface area contributed by atoms with Gasteiger partial charge < -0.3 is 16.2 Å². The average molecular weight is 209 g/mol. The maximum atomic E-state index is 13.5. The maximum Gasteiger partial charge on any atom is 0.152 e. The van der Waals surface area contributed by atoms with Crippen LogP contribution in [0.4, 0.5) is 10.1 Å². The minimum absolute atomic E-state index is 0.131. The Morgan fingerprint density at radius 1 is 1.53 bits per heavy atom. The van der Waals surface area contributed by atoms with Crippen LogP contribution in [0.3, 0.4) is 0 Å². The van der Waals surface area contributed by atoms with E-state index in [0.29, 0.717) is 5.75 Å². The molecule has 0 unspecified atom stereocenters. The summed E-state index contributed by atoms with van der Waals surface area (Å²) >= 11 is 0. The van der Waals surface area contributed by atoms with Gasteiger partial charge in [-0.3, -0.25) is 0 Å². The second-order valence-electron chi connectivity index (χ2n) is 3.55. The smallest absolute Gasteiger partial charge is 0.152 e. The molecule has 0 aromatic heterocycles. The zero-order chi connectivity index (χ0) is 11.0. The SMILES string of the molecule is Cc1cc(F)c2c(c1)OC[C@H](N)C(N)=N2. The Kier molecular flexibility index (Phi) is 2.32. The molecule has 80 valence electrons. The van der Waals surface area contributed by atoms with Gasteiger partial charge in [0.15, 0.2) is 5.82 Å². The van der Waals surface area contributed by atoms with Crippen molar-refractivity contribution in [1.82, 2.24) is 0 Å². The molecule has 0 aliphatic carbocycles. The quantitative estimate of drug-likeness (QED) is 0.665. The molecular weight excluding hydrogens is 197 g/mol. The number of aliphatic imine (C=N–C) groups is 1. The molecule has 0 amide bonds. The highest BCUT2D eigenvalue weighted by Crippen LogP contribution is 2.33. The number of hydrogen-bond acceptors (Lipinski definition) is 4. The van der Waals surface area contributed by atoms with Crippen LogP contribution >= 0.6 is 0 Å². The number of rotatable bonds is 0. The molecule has 1 atom stereocenters. The van der Waals surface area contributed by atoms with Crippen molar-refractivity contribution >= 4 is 11.5 Å². The molecule has 1 aliphatic rings. The molecule has 1 heterocycles. The first kappa shape index (κ1) is 9.92. The van der Waals surface area contributed by atoms with Gasteiger partial charge in [0.2, 0.25) is 0 Å². The van der Waals surface area contributed by atoms with E-state index in [-0.39, 0.29) is 18.1 Å². The number of aryl methyl sites for hydroxylation is 1. The minimum Gasteiger partial charge on any atom is -0.489 e. The number of hydrogen-bond donors (Lipinski definition) is 2. The van der Waals surface area contributed by atoms with Crippen LogP contribution < -0.4 is 16.2 Å². The predicted molar refractivity (Wildman–Crippen MR) is 55.9 cm³/mol. The first-order chi connectivity index (χ1) is 7.08. The molecule has 1 aromatic rings. The molecule has 15 heavy (non-hydrogen) atoms. The molecule has 4 nitrogen and oxygen atoms in total. The lowest BCUT2D eigenvalue weighted by Gasteiger charge is -2.08. The molecule has 0 saturated carbocycles. The van der Waals surface area contributed by atoms with E-state index in [1.165, 1.54) is 6.07 Å². The largest absolute Gasteiger partial charge is 0.489 e. The molecule has 1 aromatic carbocycles. The van der Waals surface area contributed by atoms with Crippen molar-refractivity contribution in [3.05, 3.63) is 23.5 Å². The van der Waals surface area contributed by atoms with Gasteiger partial charge in [0.1, 0.15) is 23.9 Å². The molecule has 0 fully saturated rings. The van der Waals surface area contributed by atoms with Gasteiger partial charge in [-0.25, -0.2) is 9.38 Å². The normalized spacial score (nSPS) is 19.9. The zero-order valence-corrected chi connectivity index (χ0v) is 8.33. The lowest BCUT2D eigenvalue weighted by Crippen LogP contribution is -2.40. The number of fused-ring (bicyclic) bond motifs is 1. The van der Waals surface area contributed by atoms with Crippen molar-refractivity contribution in [3.63, 3.8) is 0 Å². The van der Waals surface area contributed by atoms with Crippen LogP contribution in [0.15, 0.2) is 17.1 Å². The first-order valence-corrected chi connectivity index (χ1v) is 4.60. The summed E-state index contributed by atoms with van der Waals surface area (Å²) < 4.78 is 18.9. The van der Waals surface area contributed by atoms with Gasteiger partial charge in [0.25, 0.3) is 0 Å². The molecule has 0 radical (unpaired) electrons. The van der Waals surface area contributed by atoms with Crippen LogP contribution in [0.2, 0.25) is 0 Å². The Morgan fingerprint density at radius 2 is 2.27 bits per heavy atom. The van der Waals surface area contributed by atoms with Crippen LogP contribution in [0.25, 0.3) is 0 Å². The van der Waals surface area contributed by atoms with Gasteiger partial charge in [0.05, 0.1) is 6.04 Å². The summed E-state index contributed by atoms with van der Waals surface area (Å²) in [7, 11) is 0. The van der Waals surface area contributed by atoms with Gasteiger partial charge in [-0.2, -0.15) is 0 Å². The van der Waals surface area contributed by atoms with E-state index in [4.69, 9.17) is 16.2 Å². The fourth-order valence-corrected chi connectivity index (χ4v) is 1.40. The minimum atomic E-state index is -0.489. The number of halogens is 1. The van der Waals surface area contributed by atoms with E-state index < -0.39 is 11.9 Å². The topological polar surface area (TPSA) is 73.6 Å². The maximum absolute atomic E-state index is 13.5. The Morgan fingerprint density at radius 3 is 3.00 bits per heavy atom. The van der Waals surface area contributed by atoms with Crippen molar-refractivity contribution in [2.24, 2.45) is 16.5 Å². The summed E-state index contributed by atoms with van der Waals surface area (Å²) in [4.78, 5) is 3.93. The Bertz CT molecular complexity index is 431. The summed E-state index contributed by atoms with van der Waals surface area (Å²) in [5.41, 5.74) is 12.1. The molecule has 0 spiro atoms. The van der Waals surface area contributed by atoms with E-state index in [2.05, 4.69) is 4.99 Å². The average Bonchev–Trinajstić information content (AvgIpc) is 2.30. The van der Waals surface area contributed by atoms with E-state index >= 15 is 0 Å². The lowest BCUT2D eigenvalue weighted by molar-refractivity contribution is 0.315. The third kappa shape index (κ3) is 1.78. The third-order valence-electron chi connectivity index (χ3n) is 2.21. The van der Waals surface area contributed by atoms with E-state index in [1.807, 2.05) is 0 Å². The van der Waals surface area contributed by atoms with Crippen LogP contribution in [0, 0.1) is 12.7 Å². The van der Waals surface area contributed by atoms with E-state index in [1.54, 1.807) is 13.0 Å². The molecule has 2 rings (SSSR count). The van der Waals surface area contributed by atoms with E-state index in [9.17, 15) is 4.39 Å². The fourth-order valence-electron chi connectivity index (χ4n) is 1.40. The number of nitrogens with zero attached hydrogens (tertiary/aromatic N) is 1. The highest BCUT2D eigenvalue weighted by Gasteiger charge is 2.19. The van der Waals surface area contributed by atoms with Gasteiger partial charge in [0, 0.05) is 0 Å². The van der Waals surface area contributed by atoms with Crippen molar-refractivity contribution in [3.8, 4) is 5.75 Å².